The molecule has 0 aliphatic carbocycles. The molecule has 0 spiro atoms. The van der Waals surface area contributed by atoms with Gasteiger partial charge in [-0.15, -0.1) is 0 Å². The Morgan fingerprint density at radius 3 is 2.90 bits per heavy atom. The van der Waals surface area contributed by atoms with Gasteiger partial charge < -0.3 is 18.9 Å². The molecular formula is C24H30N2O5. The van der Waals surface area contributed by atoms with Gasteiger partial charge in [-0.3, -0.25) is 9.59 Å². The van der Waals surface area contributed by atoms with Crippen molar-refractivity contribution in [3.63, 3.8) is 0 Å². The maximum absolute atomic E-state index is 13.1. The number of aromatic nitrogens is 1. The van der Waals surface area contributed by atoms with Crippen molar-refractivity contribution in [2.45, 2.75) is 52.1 Å². The maximum Gasteiger partial charge on any atom is 0.314 e. The molecule has 4 rings (SSSR count). The van der Waals surface area contributed by atoms with Gasteiger partial charge in [0, 0.05) is 37.7 Å². The molecule has 2 saturated heterocycles. The minimum atomic E-state index is -0.841. The number of rotatable bonds is 6. The third-order valence-corrected chi connectivity index (χ3v) is 6.19. The quantitative estimate of drug-likeness (QED) is 0.657. The standard InChI is InChI=1S/C24H30N2O5/c1-3-29-23(28)24(10-6-11-26(16-24)22(27)21-9-5-12-30-21)15-19-14-20(25-31-19)18-8-4-7-17(2)13-18/h4,7-8,13-14,21H,3,5-6,9-12,15-16H2,1-2H3/t21-,24-/m1/s1. The number of likely N-dealkylation sites (tertiary alicyclic amines) is 1. The van der Waals surface area contributed by atoms with E-state index in [0.29, 0.717) is 44.9 Å². The minimum absolute atomic E-state index is 0.0242. The SMILES string of the molecule is CCOC(=O)[C@@]1(Cc2cc(-c3cccc(C)c3)no2)CCCN(C(=O)[C@H]2CCCO2)C1. The molecular weight excluding hydrogens is 396 g/mol. The number of hydrogen-bond acceptors (Lipinski definition) is 6. The first kappa shape index (κ1) is 21.6. The van der Waals surface area contributed by atoms with Crippen LogP contribution in [-0.2, 0) is 25.5 Å². The van der Waals surface area contributed by atoms with Crippen LogP contribution in [0.1, 0.15) is 43.9 Å². The summed E-state index contributed by atoms with van der Waals surface area (Å²) < 4.78 is 16.7. The van der Waals surface area contributed by atoms with Crippen molar-refractivity contribution in [1.82, 2.24) is 10.1 Å². The van der Waals surface area contributed by atoms with Crippen molar-refractivity contribution >= 4 is 11.9 Å². The molecule has 31 heavy (non-hydrogen) atoms. The van der Waals surface area contributed by atoms with E-state index in [1.807, 2.05) is 37.3 Å². The molecule has 2 fully saturated rings. The molecule has 2 atom stereocenters. The zero-order valence-electron chi connectivity index (χ0n) is 18.3. The number of hydrogen-bond donors (Lipinski definition) is 0. The van der Waals surface area contributed by atoms with Gasteiger partial charge in [0.25, 0.3) is 5.91 Å². The number of amides is 1. The molecule has 0 unspecified atom stereocenters. The van der Waals surface area contributed by atoms with Crippen LogP contribution < -0.4 is 0 Å². The molecule has 7 nitrogen and oxygen atoms in total. The number of piperidine rings is 1. The van der Waals surface area contributed by atoms with E-state index < -0.39 is 11.5 Å². The Hall–Kier alpha value is -2.67. The second-order valence-electron chi connectivity index (χ2n) is 8.59. The van der Waals surface area contributed by atoms with Gasteiger partial charge in [-0.2, -0.15) is 0 Å². The minimum Gasteiger partial charge on any atom is -0.466 e. The largest absolute Gasteiger partial charge is 0.466 e. The first-order chi connectivity index (χ1) is 15.0. The highest BCUT2D eigenvalue weighted by Gasteiger charge is 2.46. The van der Waals surface area contributed by atoms with Crippen LogP contribution in [0.5, 0.6) is 0 Å². The van der Waals surface area contributed by atoms with E-state index in [9.17, 15) is 9.59 Å². The molecule has 3 heterocycles. The number of carbonyl (C=O) groups is 2. The summed E-state index contributed by atoms with van der Waals surface area (Å²) in [6, 6.07) is 9.93. The van der Waals surface area contributed by atoms with Crippen LogP contribution in [0.3, 0.4) is 0 Å². The smallest absolute Gasteiger partial charge is 0.314 e. The Morgan fingerprint density at radius 2 is 2.16 bits per heavy atom. The van der Waals surface area contributed by atoms with Crippen LogP contribution in [0.4, 0.5) is 0 Å². The lowest BCUT2D eigenvalue weighted by atomic mass is 9.76. The normalized spacial score (nSPS) is 23.7. The van der Waals surface area contributed by atoms with Gasteiger partial charge in [-0.1, -0.05) is 28.9 Å². The van der Waals surface area contributed by atoms with E-state index in [-0.39, 0.29) is 11.9 Å². The average Bonchev–Trinajstić information content (AvgIpc) is 3.46. The summed E-state index contributed by atoms with van der Waals surface area (Å²) in [5, 5.41) is 4.22. The van der Waals surface area contributed by atoms with Crippen LogP contribution in [-0.4, -0.2) is 54.3 Å². The fourth-order valence-corrected chi connectivity index (χ4v) is 4.63. The lowest BCUT2D eigenvalue weighted by Crippen LogP contribution is -2.53. The highest BCUT2D eigenvalue weighted by molar-refractivity contribution is 5.83. The van der Waals surface area contributed by atoms with Gasteiger partial charge >= 0.3 is 5.97 Å². The van der Waals surface area contributed by atoms with Crippen molar-refractivity contribution in [3.8, 4) is 11.3 Å². The summed E-state index contributed by atoms with van der Waals surface area (Å²) in [5.41, 5.74) is 2.01. The molecule has 2 aliphatic heterocycles. The van der Waals surface area contributed by atoms with E-state index in [4.69, 9.17) is 14.0 Å². The highest BCUT2D eigenvalue weighted by Crippen LogP contribution is 2.37. The summed E-state index contributed by atoms with van der Waals surface area (Å²) in [6.45, 7) is 5.68. The Labute approximate surface area is 182 Å². The van der Waals surface area contributed by atoms with Gasteiger partial charge in [-0.05, 0) is 45.6 Å². The molecule has 0 bridgehead atoms. The lowest BCUT2D eigenvalue weighted by Gasteiger charge is -2.41. The molecule has 1 amide bonds. The van der Waals surface area contributed by atoms with Crippen molar-refractivity contribution in [2.75, 3.05) is 26.3 Å². The predicted molar refractivity (Wildman–Crippen MR) is 114 cm³/mol. The van der Waals surface area contributed by atoms with E-state index in [0.717, 1.165) is 36.1 Å². The predicted octanol–water partition coefficient (Wildman–Crippen LogP) is 3.54. The Kier molecular flexibility index (Phi) is 6.41. The van der Waals surface area contributed by atoms with E-state index in [1.165, 1.54) is 0 Å². The number of esters is 1. The number of benzene rings is 1. The zero-order chi connectivity index (χ0) is 21.8. The summed E-state index contributed by atoms with van der Waals surface area (Å²) in [7, 11) is 0. The van der Waals surface area contributed by atoms with Crippen molar-refractivity contribution in [2.24, 2.45) is 5.41 Å². The van der Waals surface area contributed by atoms with Crippen LogP contribution in [0.25, 0.3) is 11.3 Å². The van der Waals surface area contributed by atoms with Crippen LogP contribution in [0, 0.1) is 12.3 Å². The molecule has 2 aliphatic rings. The van der Waals surface area contributed by atoms with Crippen molar-refractivity contribution in [3.05, 3.63) is 41.7 Å². The van der Waals surface area contributed by atoms with Crippen LogP contribution in [0.2, 0.25) is 0 Å². The molecule has 1 aromatic carbocycles. The number of nitrogens with zero attached hydrogens (tertiary/aromatic N) is 2. The summed E-state index contributed by atoms with van der Waals surface area (Å²) in [5.74, 6) is 0.313. The molecule has 2 aromatic rings. The monoisotopic (exact) mass is 426 g/mol. The molecule has 0 saturated carbocycles. The van der Waals surface area contributed by atoms with Gasteiger partial charge in [0.1, 0.15) is 17.6 Å². The van der Waals surface area contributed by atoms with Gasteiger partial charge in [0.15, 0.2) is 0 Å². The van der Waals surface area contributed by atoms with E-state index in [1.54, 1.807) is 11.8 Å². The fraction of sp³-hybridized carbons (Fsp3) is 0.542. The Balaban J connectivity index is 1.56. The average molecular weight is 427 g/mol. The van der Waals surface area contributed by atoms with Crippen molar-refractivity contribution < 1.29 is 23.6 Å². The third-order valence-electron chi connectivity index (χ3n) is 6.19. The van der Waals surface area contributed by atoms with Crippen LogP contribution >= 0.6 is 0 Å². The molecule has 0 radical (unpaired) electrons. The first-order valence-corrected chi connectivity index (χ1v) is 11.1. The topological polar surface area (TPSA) is 81.9 Å². The Bertz CT molecular complexity index is 934. The Morgan fingerprint density at radius 1 is 1.29 bits per heavy atom. The van der Waals surface area contributed by atoms with E-state index >= 15 is 0 Å². The highest BCUT2D eigenvalue weighted by atomic mass is 16.5. The summed E-state index contributed by atoms with van der Waals surface area (Å²) in [4.78, 5) is 27.8. The first-order valence-electron chi connectivity index (χ1n) is 11.1. The zero-order valence-corrected chi connectivity index (χ0v) is 18.3. The number of aryl methyl sites for hydroxylation is 1. The second-order valence-corrected chi connectivity index (χ2v) is 8.59. The third kappa shape index (κ3) is 4.66. The second kappa shape index (κ2) is 9.22. The van der Waals surface area contributed by atoms with Gasteiger partial charge in [-0.25, -0.2) is 0 Å². The summed E-state index contributed by atoms with van der Waals surface area (Å²) in [6.07, 6.45) is 2.96. The molecule has 1 aromatic heterocycles. The molecule has 0 N–H and O–H groups in total. The fourth-order valence-electron chi connectivity index (χ4n) is 4.63. The summed E-state index contributed by atoms with van der Waals surface area (Å²) >= 11 is 0. The number of ether oxygens (including phenoxy) is 2. The van der Waals surface area contributed by atoms with Crippen molar-refractivity contribution in [1.29, 1.82) is 0 Å². The number of carbonyl (C=O) groups excluding carboxylic acids is 2. The van der Waals surface area contributed by atoms with Crippen LogP contribution in [0.15, 0.2) is 34.9 Å². The maximum atomic E-state index is 13.1. The van der Waals surface area contributed by atoms with Gasteiger partial charge in [0.2, 0.25) is 0 Å². The van der Waals surface area contributed by atoms with E-state index in [2.05, 4.69) is 5.16 Å². The van der Waals surface area contributed by atoms with Gasteiger partial charge in [0.05, 0.1) is 12.0 Å². The molecule has 7 heteroatoms. The lowest BCUT2D eigenvalue weighted by molar-refractivity contribution is -0.162. The molecule has 166 valence electrons.